The first kappa shape index (κ1) is 51.1. The second-order valence-corrected chi connectivity index (χ2v) is 21.0. The molecular weight excluding hydrogens is 945 g/mol. The zero-order valence-corrected chi connectivity index (χ0v) is 38.6. The van der Waals surface area contributed by atoms with Crippen LogP contribution in [-0.4, -0.2) is 33.7 Å². The summed E-state index contributed by atoms with van der Waals surface area (Å²) in [5.41, 5.74) is 0. The molecule has 0 heterocycles. The van der Waals surface area contributed by atoms with E-state index >= 15 is 0 Å². The summed E-state index contributed by atoms with van der Waals surface area (Å²) in [6.07, 6.45) is 0. The van der Waals surface area contributed by atoms with Gasteiger partial charge in [0.1, 0.15) is 0 Å². The monoisotopic (exact) mass is 980 g/mol. The van der Waals surface area contributed by atoms with Crippen molar-refractivity contribution in [2.75, 3.05) is 0 Å². The van der Waals surface area contributed by atoms with E-state index in [2.05, 4.69) is 0 Å². The van der Waals surface area contributed by atoms with Crippen LogP contribution in [0.15, 0.2) is 258 Å². The maximum Gasteiger partial charge on any atom is 4.00 e. The van der Waals surface area contributed by atoms with Crippen LogP contribution < -0.4 is 20.4 Å². The van der Waals surface area contributed by atoms with E-state index in [4.69, 9.17) is 0 Å². The van der Waals surface area contributed by atoms with Gasteiger partial charge in [-0.25, -0.2) is 33.7 Å². The maximum absolute atomic E-state index is 12.0. The van der Waals surface area contributed by atoms with Gasteiger partial charge in [-0.3, -0.25) is 0 Å². The van der Waals surface area contributed by atoms with Gasteiger partial charge in [0.25, 0.3) is 0 Å². The molecule has 0 aromatic heterocycles. The minimum atomic E-state index is -3.49. The molecule has 8 rings (SSSR count). The molecule has 0 aliphatic heterocycles. The van der Waals surface area contributed by atoms with Crippen LogP contribution in [0, 0.1) is 0 Å². The van der Waals surface area contributed by atoms with Gasteiger partial charge in [-0.15, -0.1) is 23.0 Å². The Kier molecular flexibility index (Phi) is 18.0. The van der Waals surface area contributed by atoms with Crippen LogP contribution in [0.3, 0.4) is 0 Å². The molecule has 0 amide bonds. The normalized spacial score (nSPS) is 11.1. The Hall–Kier alpha value is -6.53. The molecule has 0 saturated heterocycles. The van der Waals surface area contributed by atoms with Crippen molar-refractivity contribution in [3.05, 3.63) is 218 Å². The van der Waals surface area contributed by atoms with E-state index in [1.807, 2.05) is 0 Å². The van der Waals surface area contributed by atoms with Gasteiger partial charge in [-0.05, 0) is 97.1 Å². The summed E-state index contributed by atoms with van der Waals surface area (Å²) in [7, 11) is -14.0. The number of hydrogen-bond donors (Lipinski definition) is 0. The molecule has 17 heteroatoms. The molecule has 0 spiro atoms. The molecule has 12 nitrogen and oxygen atoms in total. The van der Waals surface area contributed by atoms with Gasteiger partial charge in [0.2, 0.25) is 39.3 Å². The fourth-order valence-electron chi connectivity index (χ4n) is 5.42. The minimum absolute atomic E-state index is 0. The van der Waals surface area contributed by atoms with Gasteiger partial charge in [0.15, 0.2) is 0 Å². The smallest absolute Gasteiger partial charge is 0.872 e. The third-order valence-electron chi connectivity index (χ3n) is 8.75. The average molecular weight is 981 g/mol. The third kappa shape index (κ3) is 13.7. The quantitative estimate of drug-likeness (QED) is 0.151. The average Bonchev–Trinajstić information content (AvgIpc) is 3.31. The molecular formula is C48H36O12S4Ti. The van der Waals surface area contributed by atoms with Crippen LogP contribution in [0.1, 0.15) is 0 Å². The van der Waals surface area contributed by atoms with Gasteiger partial charge in [-0.1, -0.05) is 121 Å². The predicted molar refractivity (Wildman–Crippen MR) is 231 cm³/mol. The van der Waals surface area contributed by atoms with Crippen molar-refractivity contribution in [1.82, 2.24) is 0 Å². The van der Waals surface area contributed by atoms with Crippen LogP contribution in [-0.2, 0) is 61.1 Å². The van der Waals surface area contributed by atoms with Gasteiger partial charge >= 0.3 is 21.7 Å². The zero-order chi connectivity index (χ0) is 46.4. The summed E-state index contributed by atoms with van der Waals surface area (Å²) in [4.78, 5) is 1.47. The minimum Gasteiger partial charge on any atom is -0.872 e. The molecule has 0 atom stereocenters. The van der Waals surface area contributed by atoms with E-state index in [1.165, 1.54) is 146 Å². The van der Waals surface area contributed by atoms with Crippen LogP contribution in [0.5, 0.6) is 23.0 Å². The van der Waals surface area contributed by atoms with Crippen molar-refractivity contribution in [2.45, 2.75) is 39.2 Å². The first-order valence-electron chi connectivity index (χ1n) is 18.7. The first-order valence-corrected chi connectivity index (χ1v) is 24.6. The summed E-state index contributed by atoms with van der Waals surface area (Å²) in [6.45, 7) is 0. The summed E-state index contributed by atoms with van der Waals surface area (Å²) in [6, 6.07) is 53.1. The van der Waals surface area contributed by atoms with E-state index < -0.39 is 39.3 Å². The molecule has 0 fully saturated rings. The Morgan fingerprint density at radius 1 is 0.200 bits per heavy atom. The maximum atomic E-state index is 12.0. The van der Waals surface area contributed by atoms with Gasteiger partial charge in [0, 0.05) is 0 Å². The second-order valence-electron chi connectivity index (χ2n) is 13.2. The number of hydrogen-bond acceptors (Lipinski definition) is 12. The number of benzene rings is 8. The zero-order valence-electron chi connectivity index (χ0n) is 33.8. The van der Waals surface area contributed by atoms with Crippen LogP contribution in [0.4, 0.5) is 0 Å². The van der Waals surface area contributed by atoms with Crippen molar-refractivity contribution in [3.8, 4) is 23.0 Å². The fourth-order valence-corrected chi connectivity index (χ4v) is 10.5. The summed E-state index contributed by atoms with van der Waals surface area (Å²) in [5.74, 6) is -0.807. The Labute approximate surface area is 393 Å². The topological polar surface area (TPSA) is 229 Å². The van der Waals surface area contributed by atoms with E-state index in [9.17, 15) is 54.1 Å². The molecule has 0 bridgehead atoms. The first-order chi connectivity index (χ1) is 30.4. The molecule has 0 saturated carbocycles. The number of sulfone groups is 4. The van der Waals surface area contributed by atoms with Crippen molar-refractivity contribution >= 4 is 39.3 Å². The van der Waals surface area contributed by atoms with Crippen molar-refractivity contribution in [1.29, 1.82) is 0 Å². The van der Waals surface area contributed by atoms with Gasteiger partial charge < -0.3 is 20.4 Å². The summed E-state index contributed by atoms with van der Waals surface area (Å²) < 4.78 is 96.3. The van der Waals surface area contributed by atoms with E-state index in [-0.39, 0.29) is 83.9 Å². The summed E-state index contributed by atoms with van der Waals surface area (Å²) in [5, 5.41) is 43.6. The second kappa shape index (κ2) is 22.9. The Balaban J connectivity index is 0.000000189. The molecule has 0 aliphatic rings. The molecule has 65 heavy (non-hydrogen) atoms. The van der Waals surface area contributed by atoms with Crippen molar-refractivity contribution in [3.63, 3.8) is 0 Å². The van der Waals surface area contributed by atoms with E-state index in [0.29, 0.717) is 0 Å². The molecule has 0 unspecified atom stereocenters. The van der Waals surface area contributed by atoms with E-state index in [1.54, 1.807) is 72.8 Å². The standard InChI is InChI=1S/4C12H10O3S.Ti/c4*13-10-6-8-12(9-7-10)16(14,15)11-4-2-1-3-5-11;/h4*1-9,13H;/q;;;;+4/p-4. The molecule has 328 valence electrons. The largest absolute Gasteiger partial charge is 4.00 e. The Morgan fingerprint density at radius 2 is 0.323 bits per heavy atom. The fraction of sp³-hybridized carbons (Fsp3) is 0. The molecule has 8 aromatic rings. The molecule has 0 N–H and O–H groups in total. The SMILES string of the molecule is O=S(=O)(c1ccccc1)c1ccc([O-])cc1.O=S(=O)(c1ccccc1)c1ccc([O-])cc1.O=S(=O)(c1ccccc1)c1ccc([O-])cc1.O=S(=O)(c1ccccc1)c1ccc([O-])cc1.[Ti+4]. The van der Waals surface area contributed by atoms with Gasteiger partial charge in [-0.2, -0.15) is 0 Å². The Bertz CT molecular complexity index is 2740. The number of rotatable bonds is 8. The predicted octanol–water partition coefficient (Wildman–Crippen LogP) is 6.37. The molecule has 0 radical (unpaired) electrons. The van der Waals surface area contributed by atoms with Gasteiger partial charge in [0.05, 0.1) is 39.2 Å². The molecule has 0 aliphatic carbocycles. The van der Waals surface area contributed by atoms with E-state index in [0.717, 1.165) is 0 Å². The van der Waals surface area contributed by atoms with Crippen molar-refractivity contribution in [2.24, 2.45) is 0 Å². The van der Waals surface area contributed by atoms with Crippen LogP contribution in [0.25, 0.3) is 0 Å². The Morgan fingerprint density at radius 3 is 0.462 bits per heavy atom. The van der Waals surface area contributed by atoms with Crippen LogP contribution >= 0.6 is 0 Å². The summed E-state index contributed by atoms with van der Waals surface area (Å²) >= 11 is 0. The third-order valence-corrected chi connectivity index (χ3v) is 15.9. The molecule has 8 aromatic carbocycles. The van der Waals surface area contributed by atoms with Crippen molar-refractivity contribution < 1.29 is 75.8 Å². The van der Waals surface area contributed by atoms with Crippen LogP contribution in [0.2, 0.25) is 0 Å².